The van der Waals surface area contributed by atoms with Crippen LogP contribution in [0.5, 0.6) is 0 Å². The highest BCUT2D eigenvalue weighted by Crippen LogP contribution is 2.22. The van der Waals surface area contributed by atoms with Crippen molar-refractivity contribution in [2.24, 2.45) is 0 Å². The maximum atomic E-state index is 12.2. The number of hydrogen-bond acceptors (Lipinski definition) is 4. The quantitative estimate of drug-likeness (QED) is 0.747. The molecule has 120 valence electrons. The third kappa shape index (κ3) is 4.05. The molecule has 0 radical (unpaired) electrons. The Bertz CT molecular complexity index is 832. The summed E-state index contributed by atoms with van der Waals surface area (Å²) in [6.07, 6.45) is 3.41. The van der Waals surface area contributed by atoms with E-state index in [-0.39, 0.29) is 11.8 Å². The van der Waals surface area contributed by atoms with Gasteiger partial charge in [-0.05, 0) is 35.7 Å². The molecule has 0 aliphatic heterocycles. The third-order valence-corrected chi connectivity index (χ3v) is 4.16. The minimum Gasteiger partial charge on any atom is -0.324 e. The number of carbonyl (C=O) groups excluding carboxylic acids is 2. The van der Waals surface area contributed by atoms with E-state index >= 15 is 0 Å². The highest BCUT2D eigenvalue weighted by molar-refractivity contribution is 7.10. The third-order valence-electron chi connectivity index (χ3n) is 3.29. The van der Waals surface area contributed by atoms with Gasteiger partial charge in [0.25, 0.3) is 5.91 Å². The Hall–Kier alpha value is -2.99. The molecule has 0 unspecified atom stereocenters. The predicted molar refractivity (Wildman–Crippen MR) is 95.3 cm³/mol. The molecule has 0 aliphatic carbocycles. The van der Waals surface area contributed by atoms with E-state index in [9.17, 15) is 9.59 Å². The van der Waals surface area contributed by atoms with Crippen LogP contribution < -0.4 is 10.6 Å². The number of hydrogen-bond donors (Lipinski definition) is 2. The molecule has 0 fully saturated rings. The van der Waals surface area contributed by atoms with E-state index < -0.39 is 0 Å². The number of aromatic nitrogens is 1. The summed E-state index contributed by atoms with van der Waals surface area (Å²) in [5.74, 6) is -0.399. The lowest BCUT2D eigenvalue weighted by molar-refractivity contribution is -0.115. The lowest BCUT2D eigenvalue weighted by Gasteiger charge is -2.12. The molecule has 1 aromatic carbocycles. The van der Waals surface area contributed by atoms with E-state index in [2.05, 4.69) is 15.6 Å². The van der Waals surface area contributed by atoms with E-state index in [0.717, 1.165) is 4.88 Å². The Kier molecular flexibility index (Phi) is 4.98. The second kappa shape index (κ2) is 7.52. The molecule has 0 spiro atoms. The summed E-state index contributed by atoms with van der Waals surface area (Å²) >= 11 is 1.54. The summed E-state index contributed by atoms with van der Waals surface area (Å²) in [6, 6.07) is 14.3. The number of anilines is 2. The number of nitrogens with one attached hydrogen (secondary N) is 2. The highest BCUT2D eigenvalue weighted by atomic mass is 32.1. The number of thiophene rings is 1. The molecule has 3 rings (SSSR count). The molecule has 6 heteroatoms. The SMILES string of the molecule is O=C(Cc1cccs1)Nc1ccccc1NC(=O)c1cccnc1. The Balaban J connectivity index is 1.71. The van der Waals surface area contributed by atoms with Gasteiger partial charge in [-0.25, -0.2) is 0 Å². The number of para-hydroxylation sites is 2. The topological polar surface area (TPSA) is 71.1 Å². The van der Waals surface area contributed by atoms with Crippen molar-refractivity contribution in [3.8, 4) is 0 Å². The van der Waals surface area contributed by atoms with Crippen LogP contribution in [0.4, 0.5) is 11.4 Å². The van der Waals surface area contributed by atoms with Crippen molar-refractivity contribution in [3.63, 3.8) is 0 Å². The van der Waals surface area contributed by atoms with Gasteiger partial charge in [-0.2, -0.15) is 0 Å². The Morgan fingerprint density at radius 2 is 1.75 bits per heavy atom. The maximum Gasteiger partial charge on any atom is 0.257 e. The van der Waals surface area contributed by atoms with Gasteiger partial charge in [0.05, 0.1) is 23.4 Å². The molecule has 0 aliphatic rings. The molecule has 0 saturated carbocycles. The number of carbonyl (C=O) groups is 2. The number of amides is 2. The monoisotopic (exact) mass is 337 g/mol. The molecular formula is C18H15N3O2S. The van der Waals surface area contributed by atoms with Crippen LogP contribution in [0.15, 0.2) is 66.3 Å². The van der Waals surface area contributed by atoms with Gasteiger partial charge in [-0.15, -0.1) is 11.3 Å². The fourth-order valence-electron chi connectivity index (χ4n) is 2.16. The van der Waals surface area contributed by atoms with Crippen LogP contribution >= 0.6 is 11.3 Å². The highest BCUT2D eigenvalue weighted by Gasteiger charge is 2.11. The largest absolute Gasteiger partial charge is 0.324 e. The van der Waals surface area contributed by atoms with Crippen LogP contribution in [0.25, 0.3) is 0 Å². The summed E-state index contributed by atoms with van der Waals surface area (Å²) < 4.78 is 0. The van der Waals surface area contributed by atoms with Gasteiger partial charge in [0.15, 0.2) is 0 Å². The Morgan fingerprint density at radius 1 is 0.958 bits per heavy atom. The number of benzene rings is 1. The number of pyridine rings is 1. The van der Waals surface area contributed by atoms with E-state index in [1.54, 1.807) is 42.6 Å². The van der Waals surface area contributed by atoms with Crippen LogP contribution in [0.3, 0.4) is 0 Å². The van der Waals surface area contributed by atoms with Crippen molar-refractivity contribution in [1.82, 2.24) is 4.98 Å². The zero-order chi connectivity index (χ0) is 16.8. The minimum atomic E-state index is -0.275. The van der Waals surface area contributed by atoms with E-state index in [4.69, 9.17) is 0 Å². The zero-order valence-corrected chi connectivity index (χ0v) is 13.5. The molecular weight excluding hydrogens is 322 g/mol. The van der Waals surface area contributed by atoms with Gasteiger partial charge in [-0.3, -0.25) is 14.6 Å². The summed E-state index contributed by atoms with van der Waals surface area (Å²) in [6.45, 7) is 0. The second-order valence-electron chi connectivity index (χ2n) is 5.05. The lowest BCUT2D eigenvalue weighted by Crippen LogP contribution is -2.17. The molecule has 0 bridgehead atoms. The van der Waals surface area contributed by atoms with Crippen LogP contribution in [0.1, 0.15) is 15.2 Å². The van der Waals surface area contributed by atoms with Crippen molar-refractivity contribution in [2.45, 2.75) is 6.42 Å². The molecule has 24 heavy (non-hydrogen) atoms. The standard InChI is InChI=1S/C18H15N3O2S/c22-17(11-14-6-4-10-24-14)20-15-7-1-2-8-16(15)21-18(23)13-5-3-9-19-12-13/h1-10,12H,11H2,(H,20,22)(H,21,23). The molecule has 2 aromatic heterocycles. The predicted octanol–water partition coefficient (Wildman–Crippen LogP) is 3.58. The van der Waals surface area contributed by atoms with Gasteiger partial charge in [0.2, 0.25) is 5.91 Å². The van der Waals surface area contributed by atoms with Crippen molar-refractivity contribution in [3.05, 3.63) is 76.7 Å². The van der Waals surface area contributed by atoms with Crippen molar-refractivity contribution >= 4 is 34.5 Å². The summed E-state index contributed by atoms with van der Waals surface area (Å²) in [4.78, 5) is 29.3. The molecule has 2 amide bonds. The first-order valence-electron chi connectivity index (χ1n) is 7.35. The van der Waals surface area contributed by atoms with Crippen LogP contribution in [-0.2, 0) is 11.2 Å². The summed E-state index contributed by atoms with van der Waals surface area (Å²) in [7, 11) is 0. The molecule has 0 saturated heterocycles. The van der Waals surface area contributed by atoms with Gasteiger partial charge >= 0.3 is 0 Å². The molecule has 5 nitrogen and oxygen atoms in total. The Morgan fingerprint density at radius 3 is 2.42 bits per heavy atom. The maximum absolute atomic E-state index is 12.2. The molecule has 2 N–H and O–H groups in total. The van der Waals surface area contributed by atoms with E-state index in [1.165, 1.54) is 17.5 Å². The van der Waals surface area contributed by atoms with Gasteiger partial charge in [-0.1, -0.05) is 18.2 Å². The van der Waals surface area contributed by atoms with Crippen LogP contribution in [0, 0.1) is 0 Å². The minimum absolute atomic E-state index is 0.125. The van der Waals surface area contributed by atoms with E-state index in [0.29, 0.717) is 23.4 Å². The average Bonchev–Trinajstić information content (AvgIpc) is 3.10. The first-order chi connectivity index (χ1) is 11.7. The second-order valence-corrected chi connectivity index (χ2v) is 6.08. The van der Waals surface area contributed by atoms with Crippen LogP contribution in [0.2, 0.25) is 0 Å². The molecule has 0 atom stereocenters. The van der Waals surface area contributed by atoms with Crippen LogP contribution in [-0.4, -0.2) is 16.8 Å². The Labute approximate surface area is 143 Å². The smallest absolute Gasteiger partial charge is 0.257 e. The lowest BCUT2D eigenvalue weighted by atomic mass is 10.2. The molecule has 3 aromatic rings. The first-order valence-corrected chi connectivity index (χ1v) is 8.23. The number of nitrogens with zero attached hydrogens (tertiary/aromatic N) is 1. The van der Waals surface area contributed by atoms with Gasteiger partial charge < -0.3 is 10.6 Å². The summed E-state index contributed by atoms with van der Waals surface area (Å²) in [5.41, 5.74) is 1.57. The number of rotatable bonds is 5. The summed E-state index contributed by atoms with van der Waals surface area (Å²) in [5, 5.41) is 7.58. The first kappa shape index (κ1) is 15.9. The van der Waals surface area contributed by atoms with E-state index in [1.807, 2.05) is 17.5 Å². The zero-order valence-electron chi connectivity index (χ0n) is 12.7. The van der Waals surface area contributed by atoms with Crippen molar-refractivity contribution in [2.75, 3.05) is 10.6 Å². The normalized spacial score (nSPS) is 10.2. The fourth-order valence-corrected chi connectivity index (χ4v) is 2.86. The van der Waals surface area contributed by atoms with Gasteiger partial charge in [0.1, 0.15) is 0 Å². The molecule has 2 heterocycles. The fraction of sp³-hybridized carbons (Fsp3) is 0.0556. The van der Waals surface area contributed by atoms with Gasteiger partial charge in [0, 0.05) is 17.3 Å². The van der Waals surface area contributed by atoms with Crippen molar-refractivity contribution in [1.29, 1.82) is 0 Å². The van der Waals surface area contributed by atoms with Crippen molar-refractivity contribution < 1.29 is 9.59 Å². The average molecular weight is 337 g/mol.